The lowest BCUT2D eigenvalue weighted by Crippen LogP contribution is -2.21. The molecule has 0 bridgehead atoms. The van der Waals surface area contributed by atoms with Crippen LogP contribution in [-0.4, -0.2) is 32.2 Å². The first kappa shape index (κ1) is 20.0. The zero-order valence-corrected chi connectivity index (χ0v) is 16.1. The molecule has 0 fully saturated rings. The summed E-state index contributed by atoms with van der Waals surface area (Å²) in [5.41, 5.74) is 1.90. The average Bonchev–Trinajstić information content (AvgIpc) is 2.96. The third-order valence-electron chi connectivity index (χ3n) is 3.59. The Morgan fingerprint density at radius 3 is 2.64 bits per heavy atom. The van der Waals surface area contributed by atoms with E-state index in [1.165, 1.54) is 16.8 Å². The zero-order chi connectivity index (χ0) is 20.4. The number of ether oxygens (including phenoxy) is 1. The summed E-state index contributed by atoms with van der Waals surface area (Å²) in [5.74, 6) is -0.420. The summed E-state index contributed by atoms with van der Waals surface area (Å²) in [6, 6.07) is 0.636. The highest BCUT2D eigenvalue weighted by atomic mass is 35.5. The van der Waals surface area contributed by atoms with Crippen LogP contribution in [0.2, 0.25) is 10.2 Å². The first-order valence-electron chi connectivity index (χ1n) is 7.96. The molecule has 28 heavy (non-hydrogen) atoms. The number of anilines is 2. The van der Waals surface area contributed by atoms with Gasteiger partial charge in [0.2, 0.25) is 5.88 Å². The Kier molecular flexibility index (Phi) is 5.80. The number of halogens is 4. The highest BCUT2D eigenvalue weighted by molar-refractivity contribution is 6.32. The maximum Gasteiger partial charge on any atom is 0.388 e. The number of aromatic nitrogens is 4. The molecule has 0 aliphatic heterocycles. The van der Waals surface area contributed by atoms with Crippen LogP contribution in [0, 0.1) is 0 Å². The van der Waals surface area contributed by atoms with Crippen molar-refractivity contribution >= 4 is 46.3 Å². The molecule has 0 saturated heterocycles. The van der Waals surface area contributed by atoms with Crippen LogP contribution in [0.3, 0.4) is 0 Å². The highest BCUT2D eigenvalue weighted by Crippen LogP contribution is 2.29. The molecular formula is C16H14Cl2F2N6O2. The number of alkyl halides is 2. The molecule has 3 aromatic rings. The second-order valence-electron chi connectivity index (χ2n) is 5.93. The molecule has 2 N–H and O–H groups in total. The SMILES string of the molecule is CC(C)c1c(NC(=O)Nc2cnc(OC(F)F)c(Cl)c2)cnn2cc(Cl)nc12. The van der Waals surface area contributed by atoms with Crippen LogP contribution < -0.4 is 15.4 Å². The Labute approximate surface area is 167 Å². The van der Waals surface area contributed by atoms with Crippen LogP contribution in [-0.2, 0) is 0 Å². The molecule has 12 heteroatoms. The van der Waals surface area contributed by atoms with Gasteiger partial charge in [0.05, 0.1) is 30.0 Å². The van der Waals surface area contributed by atoms with Crippen molar-refractivity contribution in [1.82, 2.24) is 19.6 Å². The van der Waals surface area contributed by atoms with Gasteiger partial charge in [-0.05, 0) is 12.0 Å². The quantitative estimate of drug-likeness (QED) is 0.606. The van der Waals surface area contributed by atoms with Crippen LogP contribution in [0.5, 0.6) is 5.88 Å². The van der Waals surface area contributed by atoms with E-state index in [0.717, 1.165) is 11.8 Å². The third kappa shape index (κ3) is 4.39. The topological polar surface area (TPSA) is 93.4 Å². The molecule has 3 heterocycles. The van der Waals surface area contributed by atoms with Gasteiger partial charge in [0, 0.05) is 5.56 Å². The van der Waals surface area contributed by atoms with Crippen LogP contribution in [0.15, 0.2) is 24.7 Å². The van der Waals surface area contributed by atoms with Crippen molar-refractivity contribution in [2.24, 2.45) is 0 Å². The highest BCUT2D eigenvalue weighted by Gasteiger charge is 2.17. The summed E-state index contributed by atoms with van der Waals surface area (Å²) in [7, 11) is 0. The number of imidazole rings is 1. The minimum atomic E-state index is -3.06. The molecule has 0 unspecified atom stereocenters. The fraction of sp³-hybridized carbons (Fsp3) is 0.250. The predicted molar refractivity (Wildman–Crippen MR) is 101 cm³/mol. The summed E-state index contributed by atoms with van der Waals surface area (Å²) in [6.45, 7) is 0.818. The molecule has 0 radical (unpaired) electrons. The summed E-state index contributed by atoms with van der Waals surface area (Å²) in [6.07, 6.45) is 4.18. The van der Waals surface area contributed by atoms with Crippen molar-refractivity contribution in [3.63, 3.8) is 0 Å². The van der Waals surface area contributed by atoms with Crippen LogP contribution in [0.1, 0.15) is 25.3 Å². The lowest BCUT2D eigenvalue weighted by Gasteiger charge is -2.15. The van der Waals surface area contributed by atoms with Crippen molar-refractivity contribution < 1.29 is 18.3 Å². The van der Waals surface area contributed by atoms with E-state index in [4.69, 9.17) is 23.2 Å². The molecule has 0 spiro atoms. The van der Waals surface area contributed by atoms with Crippen molar-refractivity contribution in [3.8, 4) is 5.88 Å². The van der Waals surface area contributed by atoms with Gasteiger partial charge in [0.1, 0.15) is 10.2 Å². The summed E-state index contributed by atoms with van der Waals surface area (Å²) >= 11 is 11.8. The van der Waals surface area contributed by atoms with E-state index in [-0.39, 0.29) is 21.8 Å². The van der Waals surface area contributed by atoms with Crippen LogP contribution in [0.25, 0.3) is 5.65 Å². The molecule has 0 atom stereocenters. The Bertz CT molecular complexity index is 1030. The second kappa shape index (κ2) is 8.11. The van der Waals surface area contributed by atoms with Crippen LogP contribution >= 0.6 is 23.2 Å². The molecule has 8 nitrogen and oxygen atoms in total. The Morgan fingerprint density at radius 1 is 1.25 bits per heavy atom. The molecule has 148 valence electrons. The molecule has 0 aliphatic rings. The second-order valence-corrected chi connectivity index (χ2v) is 6.72. The van der Waals surface area contributed by atoms with Gasteiger partial charge in [-0.3, -0.25) is 0 Å². The van der Waals surface area contributed by atoms with E-state index in [0.29, 0.717) is 11.3 Å². The monoisotopic (exact) mass is 430 g/mol. The maximum absolute atomic E-state index is 12.3. The summed E-state index contributed by atoms with van der Waals surface area (Å²) < 4.78 is 30.2. The van der Waals surface area contributed by atoms with Gasteiger partial charge in [0.15, 0.2) is 5.65 Å². The number of carbonyl (C=O) groups excluding carboxylic acids is 1. The number of urea groups is 1. The Morgan fingerprint density at radius 2 is 2.00 bits per heavy atom. The van der Waals surface area contributed by atoms with Crippen molar-refractivity contribution in [1.29, 1.82) is 0 Å². The van der Waals surface area contributed by atoms with Gasteiger partial charge in [-0.25, -0.2) is 19.3 Å². The standard InChI is InChI=1S/C16H14Cl2F2N6O2/c1-7(2)12-10(5-22-26-6-11(18)25-13(12)26)24-16(27)23-8-3-9(17)14(21-4-8)28-15(19)20/h3-7,15H,1-2H3,(H2,23,24,27). The van der Waals surface area contributed by atoms with Gasteiger partial charge < -0.3 is 15.4 Å². The Balaban J connectivity index is 1.80. The molecule has 3 aromatic heterocycles. The first-order chi connectivity index (χ1) is 13.2. The lowest BCUT2D eigenvalue weighted by molar-refractivity contribution is -0.0527. The molecule has 3 rings (SSSR count). The number of amides is 2. The average molecular weight is 431 g/mol. The van der Waals surface area contributed by atoms with Gasteiger partial charge in [-0.1, -0.05) is 37.0 Å². The minimum Gasteiger partial charge on any atom is -0.415 e. The Hall–Kier alpha value is -2.72. The van der Waals surface area contributed by atoms with E-state index in [9.17, 15) is 13.6 Å². The van der Waals surface area contributed by atoms with E-state index in [1.54, 1.807) is 6.20 Å². The lowest BCUT2D eigenvalue weighted by atomic mass is 10.0. The number of hydrogen-bond donors (Lipinski definition) is 2. The van der Waals surface area contributed by atoms with Crippen molar-refractivity contribution in [2.45, 2.75) is 26.4 Å². The molecule has 2 amide bonds. The van der Waals surface area contributed by atoms with Crippen molar-refractivity contribution in [3.05, 3.63) is 40.4 Å². The number of carbonyl (C=O) groups is 1. The summed E-state index contributed by atoms with van der Waals surface area (Å²) in [4.78, 5) is 20.2. The van der Waals surface area contributed by atoms with Gasteiger partial charge >= 0.3 is 12.6 Å². The van der Waals surface area contributed by atoms with E-state index in [1.807, 2.05) is 13.8 Å². The molecule has 0 aromatic carbocycles. The number of fused-ring (bicyclic) bond motifs is 1. The maximum atomic E-state index is 12.3. The number of nitrogens with zero attached hydrogens (tertiary/aromatic N) is 4. The largest absolute Gasteiger partial charge is 0.415 e. The zero-order valence-electron chi connectivity index (χ0n) is 14.6. The van der Waals surface area contributed by atoms with Crippen molar-refractivity contribution in [2.75, 3.05) is 10.6 Å². The van der Waals surface area contributed by atoms with Gasteiger partial charge in [0.25, 0.3) is 0 Å². The van der Waals surface area contributed by atoms with E-state index in [2.05, 4.69) is 30.4 Å². The molecule has 0 aliphatic carbocycles. The minimum absolute atomic E-state index is 0.0150. The number of rotatable bonds is 5. The molecular weight excluding hydrogens is 417 g/mol. The number of nitrogens with one attached hydrogen (secondary N) is 2. The number of pyridine rings is 1. The van der Waals surface area contributed by atoms with Crippen LogP contribution in [0.4, 0.5) is 25.0 Å². The third-order valence-corrected chi connectivity index (χ3v) is 4.05. The summed E-state index contributed by atoms with van der Waals surface area (Å²) in [5, 5.41) is 9.46. The smallest absolute Gasteiger partial charge is 0.388 e. The number of hydrogen-bond acceptors (Lipinski definition) is 5. The van der Waals surface area contributed by atoms with E-state index < -0.39 is 18.5 Å². The fourth-order valence-electron chi connectivity index (χ4n) is 2.54. The first-order valence-corrected chi connectivity index (χ1v) is 8.72. The fourth-order valence-corrected chi connectivity index (χ4v) is 2.93. The normalized spacial score (nSPS) is 11.3. The predicted octanol–water partition coefficient (Wildman–Crippen LogP) is 4.80. The van der Waals surface area contributed by atoms with Gasteiger partial charge in [-0.15, -0.1) is 0 Å². The molecule has 0 saturated carbocycles. The van der Waals surface area contributed by atoms with E-state index >= 15 is 0 Å². The van der Waals surface area contributed by atoms with Gasteiger partial charge in [-0.2, -0.15) is 13.9 Å².